The van der Waals surface area contributed by atoms with Gasteiger partial charge in [-0.1, -0.05) is 12.1 Å². The number of methoxy groups -OCH3 is 2. The Balaban J connectivity index is 1.62. The summed E-state index contributed by atoms with van der Waals surface area (Å²) in [5.41, 5.74) is 6.96. The van der Waals surface area contributed by atoms with Crippen LogP contribution in [0.4, 0.5) is 0 Å². The summed E-state index contributed by atoms with van der Waals surface area (Å²) in [5, 5.41) is 8.48. The van der Waals surface area contributed by atoms with Crippen LogP contribution in [-0.4, -0.2) is 36.1 Å². The Kier molecular flexibility index (Phi) is 6.29. The number of benzene rings is 2. The summed E-state index contributed by atoms with van der Waals surface area (Å²) in [7, 11) is 3.16. The lowest BCUT2D eigenvalue weighted by atomic mass is 10.1. The molecule has 2 aromatic carbocycles. The van der Waals surface area contributed by atoms with Crippen LogP contribution < -0.4 is 14.9 Å². The molecule has 0 aliphatic heterocycles. The Labute approximate surface area is 170 Å². The third-order valence-corrected chi connectivity index (χ3v) is 4.46. The van der Waals surface area contributed by atoms with Crippen LogP contribution in [0.1, 0.15) is 32.9 Å². The number of hydrogen-bond donors (Lipinski definition) is 1. The van der Waals surface area contributed by atoms with E-state index in [-0.39, 0.29) is 5.91 Å². The van der Waals surface area contributed by atoms with E-state index in [2.05, 4.69) is 15.6 Å². The smallest absolute Gasteiger partial charge is 0.271 e. The Morgan fingerprint density at radius 2 is 1.86 bits per heavy atom. The maximum Gasteiger partial charge on any atom is 0.271 e. The van der Waals surface area contributed by atoms with E-state index in [0.717, 1.165) is 22.5 Å². The number of carbonyl (C=O) groups is 1. The average Bonchev–Trinajstić information content (AvgIpc) is 3.05. The topological polar surface area (TPSA) is 77.7 Å². The highest BCUT2D eigenvalue weighted by Gasteiger charge is 2.07. The van der Waals surface area contributed by atoms with Crippen molar-refractivity contribution in [2.45, 2.75) is 20.4 Å². The Bertz CT molecular complexity index is 1020. The number of aromatic nitrogens is 2. The van der Waals surface area contributed by atoms with Crippen LogP contribution in [0.15, 0.2) is 53.6 Å². The molecule has 1 heterocycles. The van der Waals surface area contributed by atoms with Crippen LogP contribution in [0.2, 0.25) is 0 Å². The Hall–Kier alpha value is -3.61. The van der Waals surface area contributed by atoms with Gasteiger partial charge < -0.3 is 9.47 Å². The third kappa shape index (κ3) is 5.01. The summed E-state index contributed by atoms with van der Waals surface area (Å²) in [6.07, 6.45) is 1.54. The highest BCUT2D eigenvalue weighted by Crippen LogP contribution is 2.23. The minimum atomic E-state index is -0.286. The first-order chi connectivity index (χ1) is 14.0. The van der Waals surface area contributed by atoms with Crippen molar-refractivity contribution < 1.29 is 14.3 Å². The van der Waals surface area contributed by atoms with E-state index in [4.69, 9.17) is 9.47 Å². The van der Waals surface area contributed by atoms with Crippen LogP contribution >= 0.6 is 0 Å². The van der Waals surface area contributed by atoms with Crippen molar-refractivity contribution in [2.75, 3.05) is 14.2 Å². The SMILES string of the molecule is COc1ccc(/C=N/NC(=O)c2ccc(Cn3nc(C)cc3C)cc2)c(OC)c1. The minimum absolute atomic E-state index is 0.286. The molecule has 0 spiro atoms. The fraction of sp³-hybridized carbons (Fsp3) is 0.227. The fourth-order valence-electron chi connectivity index (χ4n) is 2.92. The van der Waals surface area contributed by atoms with Gasteiger partial charge in [0.1, 0.15) is 11.5 Å². The van der Waals surface area contributed by atoms with Crippen molar-refractivity contribution >= 4 is 12.1 Å². The molecule has 0 unspecified atom stereocenters. The minimum Gasteiger partial charge on any atom is -0.497 e. The molecule has 0 saturated carbocycles. The molecule has 1 aromatic heterocycles. The summed E-state index contributed by atoms with van der Waals surface area (Å²) in [4.78, 5) is 12.3. The van der Waals surface area contributed by atoms with Gasteiger partial charge in [0, 0.05) is 22.9 Å². The largest absolute Gasteiger partial charge is 0.497 e. The monoisotopic (exact) mass is 392 g/mol. The predicted molar refractivity (Wildman–Crippen MR) is 112 cm³/mol. The van der Waals surface area contributed by atoms with Crippen molar-refractivity contribution in [3.63, 3.8) is 0 Å². The highest BCUT2D eigenvalue weighted by molar-refractivity contribution is 5.95. The molecular formula is C22H24N4O3. The predicted octanol–water partition coefficient (Wildman–Crippen LogP) is 3.33. The van der Waals surface area contributed by atoms with Gasteiger partial charge in [0.05, 0.1) is 32.7 Å². The zero-order valence-electron chi connectivity index (χ0n) is 17.0. The van der Waals surface area contributed by atoms with Gasteiger partial charge in [-0.25, -0.2) is 5.43 Å². The number of nitrogens with zero attached hydrogens (tertiary/aromatic N) is 3. The van der Waals surface area contributed by atoms with Gasteiger partial charge >= 0.3 is 0 Å². The third-order valence-electron chi connectivity index (χ3n) is 4.46. The number of hydrazone groups is 1. The number of nitrogens with one attached hydrogen (secondary N) is 1. The molecule has 0 bridgehead atoms. The molecule has 0 atom stereocenters. The average molecular weight is 392 g/mol. The second-order valence-corrected chi connectivity index (χ2v) is 6.59. The van der Waals surface area contributed by atoms with Crippen LogP contribution in [-0.2, 0) is 6.54 Å². The number of aryl methyl sites for hydroxylation is 2. The molecule has 150 valence electrons. The van der Waals surface area contributed by atoms with E-state index in [1.54, 1.807) is 44.6 Å². The first kappa shape index (κ1) is 20.1. The van der Waals surface area contributed by atoms with Gasteiger partial charge in [-0.15, -0.1) is 0 Å². The second-order valence-electron chi connectivity index (χ2n) is 6.59. The summed E-state index contributed by atoms with van der Waals surface area (Å²) in [6.45, 7) is 4.66. The summed E-state index contributed by atoms with van der Waals surface area (Å²) in [6, 6.07) is 14.8. The van der Waals surface area contributed by atoms with E-state index < -0.39 is 0 Å². The number of rotatable bonds is 7. The van der Waals surface area contributed by atoms with Crippen molar-refractivity contribution in [1.82, 2.24) is 15.2 Å². The fourth-order valence-corrected chi connectivity index (χ4v) is 2.92. The molecule has 1 amide bonds. The number of carbonyl (C=O) groups excluding carboxylic acids is 1. The lowest BCUT2D eigenvalue weighted by molar-refractivity contribution is 0.0955. The summed E-state index contributed by atoms with van der Waals surface area (Å²) in [5.74, 6) is 1.01. The first-order valence-electron chi connectivity index (χ1n) is 9.15. The van der Waals surface area contributed by atoms with Crippen LogP contribution in [0.3, 0.4) is 0 Å². The van der Waals surface area contributed by atoms with Crippen molar-refractivity contribution in [3.05, 3.63) is 76.6 Å². The van der Waals surface area contributed by atoms with Gasteiger partial charge in [-0.05, 0) is 49.7 Å². The maximum absolute atomic E-state index is 12.3. The van der Waals surface area contributed by atoms with Gasteiger partial charge in [-0.3, -0.25) is 9.48 Å². The van der Waals surface area contributed by atoms with E-state index in [1.165, 1.54) is 6.21 Å². The van der Waals surface area contributed by atoms with Crippen LogP contribution in [0, 0.1) is 13.8 Å². The van der Waals surface area contributed by atoms with Gasteiger partial charge in [-0.2, -0.15) is 10.2 Å². The number of ether oxygens (including phenoxy) is 2. The molecule has 3 rings (SSSR count). The van der Waals surface area contributed by atoms with Gasteiger partial charge in [0.15, 0.2) is 0 Å². The highest BCUT2D eigenvalue weighted by atomic mass is 16.5. The summed E-state index contributed by atoms with van der Waals surface area (Å²) >= 11 is 0. The molecule has 0 saturated heterocycles. The Morgan fingerprint density at radius 1 is 1.10 bits per heavy atom. The first-order valence-corrected chi connectivity index (χ1v) is 9.15. The molecule has 7 heteroatoms. The quantitative estimate of drug-likeness (QED) is 0.494. The van der Waals surface area contributed by atoms with Gasteiger partial charge in [0.2, 0.25) is 0 Å². The van der Waals surface area contributed by atoms with E-state index >= 15 is 0 Å². The van der Waals surface area contributed by atoms with E-state index in [9.17, 15) is 4.79 Å². The molecule has 3 aromatic rings. The lowest BCUT2D eigenvalue weighted by Gasteiger charge is -2.07. The molecule has 29 heavy (non-hydrogen) atoms. The number of hydrogen-bond acceptors (Lipinski definition) is 5. The Morgan fingerprint density at radius 3 is 2.48 bits per heavy atom. The zero-order valence-corrected chi connectivity index (χ0v) is 17.0. The molecule has 0 fully saturated rings. The summed E-state index contributed by atoms with van der Waals surface area (Å²) < 4.78 is 12.4. The number of amides is 1. The molecule has 7 nitrogen and oxygen atoms in total. The van der Waals surface area contributed by atoms with Crippen LogP contribution in [0.5, 0.6) is 11.5 Å². The molecule has 1 N–H and O–H groups in total. The normalized spacial score (nSPS) is 10.9. The standard InChI is InChI=1S/C22H24N4O3/c1-15-11-16(2)26(25-15)14-17-5-7-18(8-6-17)22(27)24-23-13-19-9-10-20(28-3)12-21(19)29-4/h5-13H,14H2,1-4H3,(H,24,27)/b23-13+. The molecule has 0 aliphatic rings. The molecule has 0 radical (unpaired) electrons. The van der Waals surface area contributed by atoms with E-state index in [1.807, 2.05) is 36.7 Å². The van der Waals surface area contributed by atoms with Crippen LogP contribution in [0.25, 0.3) is 0 Å². The molecule has 0 aliphatic carbocycles. The molecular weight excluding hydrogens is 368 g/mol. The van der Waals surface area contributed by atoms with Gasteiger partial charge in [0.25, 0.3) is 5.91 Å². The van der Waals surface area contributed by atoms with E-state index in [0.29, 0.717) is 23.6 Å². The van der Waals surface area contributed by atoms with Crippen molar-refractivity contribution in [3.8, 4) is 11.5 Å². The second kappa shape index (κ2) is 9.05. The van der Waals surface area contributed by atoms with Crippen molar-refractivity contribution in [1.29, 1.82) is 0 Å². The zero-order chi connectivity index (χ0) is 20.8. The lowest BCUT2D eigenvalue weighted by Crippen LogP contribution is -2.17. The van der Waals surface area contributed by atoms with Crippen molar-refractivity contribution in [2.24, 2.45) is 5.10 Å². The maximum atomic E-state index is 12.3.